The van der Waals surface area contributed by atoms with Crippen LogP contribution in [0.1, 0.15) is 12.2 Å². The first-order valence-corrected chi connectivity index (χ1v) is 8.75. The number of hydrogen-bond donors (Lipinski definition) is 2. The number of thiazole rings is 1. The lowest BCUT2D eigenvalue weighted by molar-refractivity contribution is -0.116. The fraction of sp³-hybridized carbons (Fsp3) is 0.111. The van der Waals surface area contributed by atoms with E-state index in [2.05, 4.69) is 25.3 Å². The molecule has 0 saturated carbocycles. The maximum absolute atomic E-state index is 12.2. The predicted octanol–water partition coefficient (Wildman–Crippen LogP) is 3.65. The van der Waals surface area contributed by atoms with Crippen LogP contribution in [-0.2, 0) is 11.2 Å². The molecule has 4 aromatic rings. The normalized spacial score (nSPS) is 10.9. The summed E-state index contributed by atoms with van der Waals surface area (Å²) < 4.78 is 0. The Morgan fingerprint density at radius 3 is 2.80 bits per heavy atom. The Bertz CT molecular complexity index is 975. The molecule has 0 radical (unpaired) electrons. The summed E-state index contributed by atoms with van der Waals surface area (Å²) in [6.07, 6.45) is 4.35. The second-order valence-electron chi connectivity index (χ2n) is 5.52. The van der Waals surface area contributed by atoms with Gasteiger partial charge in [-0.1, -0.05) is 12.1 Å². The van der Waals surface area contributed by atoms with Crippen LogP contribution < -0.4 is 5.32 Å². The summed E-state index contributed by atoms with van der Waals surface area (Å²) in [5.41, 5.74) is 3.72. The average Bonchev–Trinajstić information content (AvgIpc) is 3.27. The lowest BCUT2D eigenvalue weighted by Gasteiger charge is -2.00. The number of H-pyrrole nitrogens is 1. The van der Waals surface area contributed by atoms with Crippen molar-refractivity contribution >= 4 is 33.4 Å². The predicted molar refractivity (Wildman–Crippen MR) is 98.4 cm³/mol. The van der Waals surface area contributed by atoms with E-state index in [9.17, 15) is 4.79 Å². The van der Waals surface area contributed by atoms with Gasteiger partial charge in [0.1, 0.15) is 5.82 Å². The zero-order chi connectivity index (χ0) is 17.1. The third-order valence-electron chi connectivity index (χ3n) is 3.75. The van der Waals surface area contributed by atoms with Crippen LogP contribution >= 0.6 is 11.3 Å². The lowest BCUT2D eigenvalue weighted by atomic mass is 10.2. The Morgan fingerprint density at radius 1 is 1.12 bits per heavy atom. The summed E-state index contributed by atoms with van der Waals surface area (Å²) in [5, 5.41) is 5.37. The fourth-order valence-corrected chi connectivity index (χ4v) is 3.26. The zero-order valence-electron chi connectivity index (χ0n) is 13.3. The van der Waals surface area contributed by atoms with E-state index in [0.717, 1.165) is 28.1 Å². The largest absolute Gasteiger partial charge is 0.342 e. The minimum Gasteiger partial charge on any atom is -0.342 e. The van der Waals surface area contributed by atoms with Crippen molar-refractivity contribution in [3.8, 4) is 11.3 Å². The molecular formula is C18H15N5OS. The summed E-state index contributed by atoms with van der Waals surface area (Å²) in [5.74, 6) is 0.740. The Morgan fingerprint density at radius 2 is 1.96 bits per heavy atom. The minimum atomic E-state index is -0.0731. The maximum atomic E-state index is 12.2. The molecule has 3 aromatic heterocycles. The van der Waals surface area contributed by atoms with Crippen molar-refractivity contribution in [2.45, 2.75) is 12.8 Å². The van der Waals surface area contributed by atoms with Crippen molar-refractivity contribution in [3.63, 3.8) is 0 Å². The first-order chi connectivity index (χ1) is 12.3. The van der Waals surface area contributed by atoms with Crippen LogP contribution in [0.25, 0.3) is 22.3 Å². The third-order valence-corrected chi connectivity index (χ3v) is 4.51. The van der Waals surface area contributed by atoms with Crippen molar-refractivity contribution in [1.29, 1.82) is 0 Å². The van der Waals surface area contributed by atoms with Crippen LogP contribution in [-0.4, -0.2) is 25.8 Å². The number of aromatic nitrogens is 4. The van der Waals surface area contributed by atoms with Crippen molar-refractivity contribution < 1.29 is 4.79 Å². The molecule has 0 aliphatic carbocycles. The van der Waals surface area contributed by atoms with E-state index in [4.69, 9.17) is 0 Å². The van der Waals surface area contributed by atoms with Gasteiger partial charge in [-0.15, -0.1) is 11.3 Å². The zero-order valence-corrected chi connectivity index (χ0v) is 14.1. The molecule has 2 N–H and O–H groups in total. The minimum absolute atomic E-state index is 0.0731. The molecule has 0 bridgehead atoms. The Balaban J connectivity index is 1.37. The van der Waals surface area contributed by atoms with Gasteiger partial charge in [-0.2, -0.15) is 0 Å². The SMILES string of the molecule is O=C(CCc1nc2ccccc2[nH]1)Nc1nc(-c2ccncc2)cs1. The van der Waals surface area contributed by atoms with Gasteiger partial charge in [-0.25, -0.2) is 9.97 Å². The number of para-hydroxylation sites is 2. The van der Waals surface area contributed by atoms with Crippen molar-refractivity contribution in [3.05, 3.63) is 60.0 Å². The van der Waals surface area contributed by atoms with E-state index in [1.54, 1.807) is 12.4 Å². The molecule has 0 unspecified atom stereocenters. The number of anilines is 1. The standard InChI is InChI=1S/C18H15N5OS/c24-17(6-5-16-20-13-3-1-2-4-14(13)21-16)23-18-22-15(11-25-18)12-7-9-19-10-8-12/h1-4,7-11H,5-6H2,(H,20,21)(H,22,23,24). The van der Waals surface area contributed by atoms with Gasteiger partial charge >= 0.3 is 0 Å². The van der Waals surface area contributed by atoms with Crippen molar-refractivity contribution in [2.75, 3.05) is 5.32 Å². The molecular weight excluding hydrogens is 334 g/mol. The number of nitrogens with one attached hydrogen (secondary N) is 2. The summed E-state index contributed by atoms with van der Waals surface area (Å²) in [4.78, 5) is 28.3. The Kier molecular flexibility index (Phi) is 4.22. The number of fused-ring (bicyclic) bond motifs is 1. The second kappa shape index (κ2) is 6.82. The number of hydrogen-bond acceptors (Lipinski definition) is 5. The molecule has 1 amide bonds. The van der Waals surface area contributed by atoms with Crippen LogP contribution in [0.4, 0.5) is 5.13 Å². The van der Waals surface area contributed by atoms with Gasteiger partial charge in [0.25, 0.3) is 0 Å². The van der Waals surface area contributed by atoms with Gasteiger partial charge in [-0.3, -0.25) is 9.78 Å². The van der Waals surface area contributed by atoms with E-state index in [1.807, 2.05) is 41.8 Å². The molecule has 25 heavy (non-hydrogen) atoms. The number of carbonyl (C=O) groups is 1. The number of pyridine rings is 1. The van der Waals surface area contributed by atoms with Crippen LogP contribution in [0, 0.1) is 0 Å². The molecule has 0 aliphatic heterocycles. The van der Waals surface area contributed by atoms with E-state index < -0.39 is 0 Å². The van der Waals surface area contributed by atoms with E-state index >= 15 is 0 Å². The monoisotopic (exact) mass is 349 g/mol. The number of carbonyl (C=O) groups excluding carboxylic acids is 1. The highest BCUT2D eigenvalue weighted by Crippen LogP contribution is 2.24. The number of rotatable bonds is 5. The molecule has 6 nitrogen and oxygen atoms in total. The quantitative estimate of drug-likeness (QED) is 0.576. The smallest absolute Gasteiger partial charge is 0.226 e. The van der Waals surface area contributed by atoms with E-state index in [-0.39, 0.29) is 5.91 Å². The van der Waals surface area contributed by atoms with Gasteiger partial charge in [0.2, 0.25) is 5.91 Å². The van der Waals surface area contributed by atoms with Crippen molar-refractivity contribution in [2.24, 2.45) is 0 Å². The van der Waals surface area contributed by atoms with Gasteiger partial charge in [0.05, 0.1) is 16.7 Å². The number of imidazole rings is 1. The van der Waals surface area contributed by atoms with Crippen molar-refractivity contribution in [1.82, 2.24) is 19.9 Å². The van der Waals surface area contributed by atoms with Crippen LogP contribution in [0.5, 0.6) is 0 Å². The first kappa shape index (κ1) is 15.5. The van der Waals surface area contributed by atoms with Gasteiger partial charge in [0, 0.05) is 36.2 Å². The molecule has 0 aliphatic rings. The van der Waals surface area contributed by atoms with Gasteiger partial charge in [-0.05, 0) is 24.3 Å². The molecule has 0 fully saturated rings. The van der Waals surface area contributed by atoms with Gasteiger partial charge in [0.15, 0.2) is 5.13 Å². The molecule has 0 atom stereocenters. The number of amides is 1. The summed E-state index contributed by atoms with van der Waals surface area (Å²) in [7, 11) is 0. The van der Waals surface area contributed by atoms with E-state index in [0.29, 0.717) is 18.0 Å². The highest BCUT2D eigenvalue weighted by molar-refractivity contribution is 7.14. The number of nitrogens with zero attached hydrogens (tertiary/aromatic N) is 3. The van der Waals surface area contributed by atoms with E-state index in [1.165, 1.54) is 11.3 Å². The molecule has 0 spiro atoms. The third kappa shape index (κ3) is 3.56. The molecule has 124 valence electrons. The topological polar surface area (TPSA) is 83.6 Å². The Labute approximate surface area is 148 Å². The van der Waals surface area contributed by atoms with Crippen LogP contribution in [0.15, 0.2) is 54.2 Å². The number of aryl methyl sites for hydroxylation is 1. The summed E-state index contributed by atoms with van der Waals surface area (Å²) in [6, 6.07) is 11.6. The summed E-state index contributed by atoms with van der Waals surface area (Å²) >= 11 is 1.41. The molecule has 4 rings (SSSR count). The number of benzene rings is 1. The molecule has 3 heterocycles. The average molecular weight is 349 g/mol. The van der Waals surface area contributed by atoms with Crippen LogP contribution in [0.3, 0.4) is 0 Å². The highest BCUT2D eigenvalue weighted by Gasteiger charge is 2.10. The fourth-order valence-electron chi connectivity index (χ4n) is 2.52. The molecule has 7 heteroatoms. The van der Waals surface area contributed by atoms with Gasteiger partial charge < -0.3 is 10.3 Å². The second-order valence-corrected chi connectivity index (χ2v) is 6.38. The molecule has 1 aromatic carbocycles. The Hall–Kier alpha value is -3.06. The maximum Gasteiger partial charge on any atom is 0.226 e. The summed E-state index contributed by atoms with van der Waals surface area (Å²) in [6.45, 7) is 0. The lowest BCUT2D eigenvalue weighted by Crippen LogP contribution is -2.12. The molecule has 0 saturated heterocycles. The number of aromatic amines is 1. The first-order valence-electron chi connectivity index (χ1n) is 7.87. The highest BCUT2D eigenvalue weighted by atomic mass is 32.1. The van der Waals surface area contributed by atoms with Crippen LogP contribution in [0.2, 0.25) is 0 Å².